The van der Waals surface area contributed by atoms with Crippen LogP contribution in [-0.2, 0) is 0 Å². The highest BCUT2D eigenvalue weighted by Gasteiger charge is 2.12. The second kappa shape index (κ2) is 6.81. The monoisotopic (exact) mass is 423 g/mol. The first kappa shape index (κ1) is 17.0. The van der Waals surface area contributed by atoms with Gasteiger partial charge in [-0.3, -0.25) is 0 Å². The number of hydrogen-bond acceptors (Lipinski definition) is 0. The molecule has 0 radical (unpaired) electrons. The lowest BCUT2D eigenvalue weighted by Crippen LogP contribution is -1.93. The zero-order valence-electron chi connectivity index (χ0n) is 15.3. The first-order valence-corrected chi connectivity index (χ1v) is 10.1. The Kier molecular flexibility index (Phi) is 4.14. The van der Waals surface area contributed by atoms with Gasteiger partial charge in [0.2, 0.25) is 0 Å². The number of halogens is 1. The average molecular weight is 424 g/mol. The van der Waals surface area contributed by atoms with Crippen molar-refractivity contribution in [2.45, 2.75) is 0 Å². The molecule has 134 valence electrons. The van der Waals surface area contributed by atoms with Crippen molar-refractivity contribution >= 4 is 43.8 Å². The number of para-hydroxylation sites is 1. The molecule has 0 spiro atoms. The second-order valence-electron chi connectivity index (χ2n) is 6.89. The van der Waals surface area contributed by atoms with Crippen LogP contribution in [0.1, 0.15) is 5.56 Å². The summed E-state index contributed by atoms with van der Waals surface area (Å²) >= 11 is 3.54. The second-order valence-corrected chi connectivity index (χ2v) is 7.80. The van der Waals surface area contributed by atoms with E-state index in [9.17, 15) is 0 Å². The molecule has 0 saturated carbocycles. The Hall–Kier alpha value is -3.10. The van der Waals surface area contributed by atoms with Crippen molar-refractivity contribution in [2.75, 3.05) is 0 Å². The van der Waals surface area contributed by atoms with Gasteiger partial charge in [-0.25, -0.2) is 0 Å². The van der Waals surface area contributed by atoms with Crippen molar-refractivity contribution < 1.29 is 0 Å². The maximum Gasteiger partial charge on any atom is 0.0541 e. The van der Waals surface area contributed by atoms with Crippen LogP contribution in [0.25, 0.3) is 44.7 Å². The molecule has 2 heteroatoms. The van der Waals surface area contributed by atoms with Gasteiger partial charge in [0.05, 0.1) is 11.0 Å². The minimum Gasteiger partial charge on any atom is -0.309 e. The molecule has 0 N–H and O–H groups in total. The van der Waals surface area contributed by atoms with E-state index in [4.69, 9.17) is 0 Å². The fourth-order valence-corrected chi connectivity index (χ4v) is 4.10. The normalized spacial score (nSPS) is 11.2. The quantitative estimate of drug-likeness (QED) is 0.278. The molecule has 1 aromatic heterocycles. The van der Waals surface area contributed by atoms with E-state index in [2.05, 4.69) is 118 Å². The van der Waals surface area contributed by atoms with Crippen molar-refractivity contribution in [3.63, 3.8) is 0 Å². The van der Waals surface area contributed by atoms with Gasteiger partial charge in [-0.15, -0.1) is 0 Å². The summed E-state index contributed by atoms with van der Waals surface area (Å²) < 4.78 is 3.42. The predicted octanol–water partition coefficient (Wildman–Crippen LogP) is 7.86. The van der Waals surface area contributed by atoms with E-state index in [0.29, 0.717) is 0 Å². The molecule has 5 rings (SSSR count). The molecular formula is C26H18BrN. The lowest BCUT2D eigenvalue weighted by molar-refractivity contribution is 1.18. The topological polar surface area (TPSA) is 4.93 Å². The van der Waals surface area contributed by atoms with E-state index >= 15 is 0 Å². The molecule has 0 aliphatic heterocycles. The predicted molar refractivity (Wildman–Crippen MR) is 124 cm³/mol. The SMILES string of the molecule is C=Cc1ccc(-c2ccc3c(c2)c2ccccc2n3-c2ccc(Br)cc2)cc1. The highest BCUT2D eigenvalue weighted by molar-refractivity contribution is 9.10. The van der Waals surface area contributed by atoms with Crippen LogP contribution in [0, 0.1) is 0 Å². The lowest BCUT2D eigenvalue weighted by atomic mass is 10.0. The standard InChI is InChI=1S/C26H18BrN/c1-2-18-7-9-19(10-8-18)20-11-16-26-24(17-20)23-5-3-4-6-25(23)28(26)22-14-12-21(27)13-15-22/h2-17H,1H2. The molecule has 4 aromatic carbocycles. The maximum atomic E-state index is 3.84. The van der Waals surface area contributed by atoms with Crippen molar-refractivity contribution in [2.24, 2.45) is 0 Å². The summed E-state index contributed by atoms with van der Waals surface area (Å²) in [5.74, 6) is 0. The fourth-order valence-electron chi connectivity index (χ4n) is 3.83. The number of benzene rings is 4. The molecule has 1 nitrogen and oxygen atoms in total. The Labute approximate surface area is 172 Å². The molecule has 28 heavy (non-hydrogen) atoms. The molecule has 0 unspecified atom stereocenters. The molecule has 0 bridgehead atoms. The molecule has 0 fully saturated rings. The van der Waals surface area contributed by atoms with Gasteiger partial charge in [-0.2, -0.15) is 0 Å². The van der Waals surface area contributed by atoms with Crippen LogP contribution in [0.2, 0.25) is 0 Å². The molecule has 0 aliphatic rings. The van der Waals surface area contributed by atoms with E-state index < -0.39 is 0 Å². The Bertz CT molecular complexity index is 1310. The van der Waals surface area contributed by atoms with Gasteiger partial charge in [0.25, 0.3) is 0 Å². The van der Waals surface area contributed by atoms with Crippen LogP contribution in [0.3, 0.4) is 0 Å². The first-order valence-electron chi connectivity index (χ1n) is 9.26. The summed E-state index contributed by atoms with van der Waals surface area (Å²) in [6, 6.07) is 32.4. The highest BCUT2D eigenvalue weighted by atomic mass is 79.9. The van der Waals surface area contributed by atoms with Gasteiger partial charge in [-0.05, 0) is 59.2 Å². The van der Waals surface area contributed by atoms with E-state index in [1.807, 2.05) is 6.08 Å². The third kappa shape index (κ3) is 2.78. The zero-order chi connectivity index (χ0) is 19.1. The summed E-state index contributed by atoms with van der Waals surface area (Å²) in [6.07, 6.45) is 1.87. The lowest BCUT2D eigenvalue weighted by Gasteiger charge is -2.08. The molecular weight excluding hydrogens is 406 g/mol. The van der Waals surface area contributed by atoms with Gasteiger partial charge in [0, 0.05) is 20.9 Å². The van der Waals surface area contributed by atoms with Crippen LogP contribution < -0.4 is 0 Å². The van der Waals surface area contributed by atoms with E-state index in [1.54, 1.807) is 0 Å². The Morgan fingerprint density at radius 3 is 2.11 bits per heavy atom. The van der Waals surface area contributed by atoms with Gasteiger partial charge in [0.15, 0.2) is 0 Å². The van der Waals surface area contributed by atoms with Gasteiger partial charge in [-0.1, -0.05) is 77.1 Å². The van der Waals surface area contributed by atoms with Crippen molar-refractivity contribution in [3.05, 3.63) is 108 Å². The number of nitrogens with zero attached hydrogens (tertiary/aromatic N) is 1. The van der Waals surface area contributed by atoms with Gasteiger partial charge >= 0.3 is 0 Å². The van der Waals surface area contributed by atoms with E-state index in [1.165, 1.54) is 32.9 Å². The molecule has 0 saturated heterocycles. The smallest absolute Gasteiger partial charge is 0.0541 e. The minimum absolute atomic E-state index is 1.09. The summed E-state index contributed by atoms with van der Waals surface area (Å²) in [4.78, 5) is 0. The number of hydrogen-bond donors (Lipinski definition) is 0. The van der Waals surface area contributed by atoms with Gasteiger partial charge in [0.1, 0.15) is 0 Å². The van der Waals surface area contributed by atoms with Crippen molar-refractivity contribution in [1.29, 1.82) is 0 Å². The maximum absolute atomic E-state index is 3.84. The molecule has 0 atom stereocenters. The number of rotatable bonds is 3. The van der Waals surface area contributed by atoms with E-state index in [0.717, 1.165) is 15.7 Å². The van der Waals surface area contributed by atoms with Crippen molar-refractivity contribution in [1.82, 2.24) is 4.57 Å². The largest absolute Gasteiger partial charge is 0.309 e. The minimum atomic E-state index is 1.09. The Morgan fingerprint density at radius 2 is 1.36 bits per heavy atom. The van der Waals surface area contributed by atoms with Crippen LogP contribution in [0.5, 0.6) is 0 Å². The van der Waals surface area contributed by atoms with Crippen LogP contribution >= 0.6 is 15.9 Å². The molecule has 5 aromatic rings. The highest BCUT2D eigenvalue weighted by Crippen LogP contribution is 2.35. The molecule has 0 aliphatic carbocycles. The van der Waals surface area contributed by atoms with E-state index in [-0.39, 0.29) is 0 Å². The van der Waals surface area contributed by atoms with Crippen LogP contribution in [0.15, 0.2) is 102 Å². The van der Waals surface area contributed by atoms with Gasteiger partial charge < -0.3 is 4.57 Å². The number of fused-ring (bicyclic) bond motifs is 3. The Balaban J connectivity index is 1.77. The fraction of sp³-hybridized carbons (Fsp3) is 0. The molecule has 1 heterocycles. The van der Waals surface area contributed by atoms with Crippen LogP contribution in [0.4, 0.5) is 0 Å². The summed E-state index contributed by atoms with van der Waals surface area (Å²) in [7, 11) is 0. The average Bonchev–Trinajstić information content (AvgIpc) is 3.08. The first-order chi connectivity index (χ1) is 13.7. The Morgan fingerprint density at radius 1 is 0.679 bits per heavy atom. The van der Waals surface area contributed by atoms with Crippen LogP contribution in [-0.4, -0.2) is 4.57 Å². The zero-order valence-corrected chi connectivity index (χ0v) is 16.9. The molecule has 0 amide bonds. The van der Waals surface area contributed by atoms with Crippen molar-refractivity contribution in [3.8, 4) is 16.8 Å². The summed E-state index contributed by atoms with van der Waals surface area (Å²) in [6.45, 7) is 3.84. The third-order valence-corrected chi connectivity index (χ3v) is 5.77. The number of aromatic nitrogens is 1. The summed E-state index contributed by atoms with van der Waals surface area (Å²) in [5.41, 5.74) is 7.18. The summed E-state index contributed by atoms with van der Waals surface area (Å²) in [5, 5.41) is 2.54. The third-order valence-electron chi connectivity index (χ3n) is 5.24.